The highest BCUT2D eigenvalue weighted by molar-refractivity contribution is 7.21. The summed E-state index contributed by atoms with van der Waals surface area (Å²) >= 11 is 1.68. The minimum absolute atomic E-state index is 0.185. The maximum atomic E-state index is 12.8. The molecule has 4 aromatic rings. The van der Waals surface area contributed by atoms with Crippen molar-refractivity contribution in [3.8, 4) is 22.1 Å². The fraction of sp³-hybridized carbons (Fsp3) is 0.214. The van der Waals surface area contributed by atoms with Gasteiger partial charge in [0, 0.05) is 41.6 Å². The minimum Gasteiger partial charge on any atom is -0.490 e. The Balaban J connectivity index is 1.20. The molecule has 2 N–H and O–H groups in total. The highest BCUT2D eigenvalue weighted by atomic mass is 32.1. The summed E-state index contributed by atoms with van der Waals surface area (Å²) in [6.07, 6.45) is 3.35. The molecule has 0 unspecified atom stereocenters. The largest absolute Gasteiger partial charge is 0.490 e. The number of nitrogens with one attached hydrogen (secondary N) is 2. The molecule has 0 spiro atoms. The monoisotopic (exact) mass is 483 g/mol. The molecule has 7 heteroatoms. The summed E-state index contributed by atoms with van der Waals surface area (Å²) in [6, 6.07) is 18.1. The molecule has 0 saturated heterocycles. The van der Waals surface area contributed by atoms with Crippen molar-refractivity contribution in [1.29, 1.82) is 0 Å². The molecule has 0 saturated carbocycles. The molecule has 35 heavy (non-hydrogen) atoms. The summed E-state index contributed by atoms with van der Waals surface area (Å²) in [5, 5.41) is 7.31. The zero-order valence-corrected chi connectivity index (χ0v) is 20.2. The summed E-state index contributed by atoms with van der Waals surface area (Å²) in [7, 11) is 0. The predicted molar refractivity (Wildman–Crippen MR) is 140 cm³/mol. The molecule has 0 fully saturated rings. The molecule has 0 radical (unpaired) electrons. The zero-order chi connectivity index (χ0) is 23.8. The average molecular weight is 484 g/mol. The van der Waals surface area contributed by atoms with Crippen LogP contribution in [0.25, 0.3) is 26.5 Å². The van der Waals surface area contributed by atoms with Gasteiger partial charge in [-0.25, -0.2) is 4.98 Å². The van der Waals surface area contributed by atoms with Crippen molar-refractivity contribution < 1.29 is 14.3 Å². The number of carbonyl (C=O) groups excluding carboxylic acids is 1. The Hall–Kier alpha value is -3.84. The van der Waals surface area contributed by atoms with Gasteiger partial charge in [0.1, 0.15) is 5.01 Å². The zero-order valence-electron chi connectivity index (χ0n) is 19.4. The lowest BCUT2D eigenvalue weighted by atomic mass is 9.96. The molecule has 0 atom stereocenters. The van der Waals surface area contributed by atoms with Gasteiger partial charge >= 0.3 is 0 Å². The van der Waals surface area contributed by atoms with Gasteiger partial charge in [0.25, 0.3) is 0 Å². The molecule has 0 bridgehead atoms. The van der Waals surface area contributed by atoms with Crippen molar-refractivity contribution >= 4 is 38.8 Å². The van der Waals surface area contributed by atoms with E-state index in [0.717, 1.165) is 69.5 Å². The van der Waals surface area contributed by atoms with Crippen LogP contribution in [0.2, 0.25) is 0 Å². The summed E-state index contributed by atoms with van der Waals surface area (Å²) in [4.78, 5) is 17.6. The third kappa shape index (κ3) is 4.47. The molecule has 1 amide bonds. The van der Waals surface area contributed by atoms with Gasteiger partial charge in [0.2, 0.25) is 5.91 Å². The molecule has 3 heterocycles. The number of ether oxygens (including phenoxy) is 2. The van der Waals surface area contributed by atoms with Crippen LogP contribution in [0.3, 0.4) is 0 Å². The molecule has 3 aromatic carbocycles. The summed E-state index contributed by atoms with van der Waals surface area (Å²) < 4.78 is 12.9. The van der Waals surface area contributed by atoms with E-state index in [2.05, 4.69) is 35.8 Å². The van der Waals surface area contributed by atoms with Crippen LogP contribution in [0.15, 0.2) is 60.7 Å². The van der Waals surface area contributed by atoms with Crippen LogP contribution >= 0.6 is 11.3 Å². The summed E-state index contributed by atoms with van der Waals surface area (Å²) in [6.45, 7) is 4.14. The van der Waals surface area contributed by atoms with Crippen LogP contribution in [0, 0.1) is 6.92 Å². The van der Waals surface area contributed by atoms with Crippen molar-refractivity contribution in [2.45, 2.75) is 19.8 Å². The predicted octanol–water partition coefficient (Wildman–Crippen LogP) is 5.56. The second-order valence-corrected chi connectivity index (χ2v) is 9.83. The highest BCUT2D eigenvalue weighted by Gasteiger charge is 2.20. The molecular weight excluding hydrogens is 458 g/mol. The van der Waals surface area contributed by atoms with Gasteiger partial charge < -0.3 is 20.1 Å². The number of aryl methyl sites for hydroxylation is 1. The maximum absolute atomic E-state index is 12.8. The van der Waals surface area contributed by atoms with E-state index in [-0.39, 0.29) is 5.91 Å². The third-order valence-electron chi connectivity index (χ3n) is 6.19. The van der Waals surface area contributed by atoms with Crippen LogP contribution in [0.4, 0.5) is 5.69 Å². The van der Waals surface area contributed by atoms with Crippen LogP contribution in [0.5, 0.6) is 11.5 Å². The molecule has 6 rings (SSSR count). The number of anilines is 1. The lowest BCUT2D eigenvalue weighted by Crippen LogP contribution is -2.24. The minimum atomic E-state index is -0.185. The Morgan fingerprint density at radius 1 is 1.06 bits per heavy atom. The first-order valence-electron chi connectivity index (χ1n) is 11.8. The molecule has 2 aliphatic heterocycles. The molecule has 1 aromatic heterocycles. The van der Waals surface area contributed by atoms with E-state index in [9.17, 15) is 4.79 Å². The Bertz CT molecular complexity index is 1460. The average Bonchev–Trinajstić information content (AvgIpc) is 3.14. The SMILES string of the molecule is Cc1ccc2nc(-c3ccc(NC(=O)/C=C4\NCCc5cc6c(cc54)OCCCO6)cc3)sc2c1. The Kier molecular flexibility index (Phi) is 5.62. The number of fused-ring (bicyclic) bond motifs is 3. The fourth-order valence-corrected chi connectivity index (χ4v) is 5.49. The summed E-state index contributed by atoms with van der Waals surface area (Å²) in [5.41, 5.74) is 6.94. The van der Waals surface area contributed by atoms with Crippen molar-refractivity contribution in [3.63, 3.8) is 0 Å². The van der Waals surface area contributed by atoms with Crippen LogP contribution in [0.1, 0.15) is 23.1 Å². The van der Waals surface area contributed by atoms with Crippen molar-refractivity contribution in [2.24, 2.45) is 0 Å². The van der Waals surface area contributed by atoms with Gasteiger partial charge in [0.05, 0.1) is 23.4 Å². The van der Waals surface area contributed by atoms with E-state index in [1.54, 1.807) is 17.4 Å². The number of nitrogens with zero attached hydrogens (tertiary/aromatic N) is 1. The molecule has 2 aliphatic rings. The van der Waals surface area contributed by atoms with Gasteiger partial charge in [-0.15, -0.1) is 11.3 Å². The van der Waals surface area contributed by atoms with E-state index < -0.39 is 0 Å². The molecule has 0 aliphatic carbocycles. The summed E-state index contributed by atoms with van der Waals surface area (Å²) in [5.74, 6) is 1.34. The van der Waals surface area contributed by atoms with Crippen LogP contribution in [-0.2, 0) is 11.2 Å². The second kappa shape index (κ2) is 9.07. The van der Waals surface area contributed by atoms with Gasteiger partial charge in [-0.05, 0) is 73.0 Å². The first kappa shape index (κ1) is 21.7. The Labute approximate surface area is 207 Å². The number of rotatable bonds is 3. The van der Waals surface area contributed by atoms with Crippen molar-refractivity contribution in [1.82, 2.24) is 10.3 Å². The topological polar surface area (TPSA) is 72.5 Å². The van der Waals surface area contributed by atoms with Crippen molar-refractivity contribution in [3.05, 3.63) is 77.4 Å². The first-order valence-corrected chi connectivity index (χ1v) is 12.6. The van der Waals surface area contributed by atoms with Gasteiger partial charge in [-0.2, -0.15) is 0 Å². The van der Waals surface area contributed by atoms with Crippen molar-refractivity contribution in [2.75, 3.05) is 25.1 Å². The quantitative estimate of drug-likeness (QED) is 0.374. The van der Waals surface area contributed by atoms with Gasteiger partial charge in [0.15, 0.2) is 11.5 Å². The maximum Gasteiger partial charge on any atom is 0.250 e. The number of hydrogen-bond donors (Lipinski definition) is 2. The normalized spacial score (nSPS) is 15.9. The highest BCUT2D eigenvalue weighted by Crippen LogP contribution is 2.36. The van der Waals surface area contributed by atoms with E-state index >= 15 is 0 Å². The smallest absolute Gasteiger partial charge is 0.250 e. The number of thiazole rings is 1. The standard InChI is InChI=1S/C28H25N3O3S/c1-17-3-8-22-26(13-17)35-28(31-22)18-4-6-20(7-5-18)30-27(32)16-23-21-15-25-24(33-11-2-12-34-25)14-19(21)9-10-29-23/h3-8,13-16,29H,2,9-12H2,1H3,(H,30,32)/b23-16-. The Morgan fingerprint density at radius 3 is 2.69 bits per heavy atom. The second-order valence-electron chi connectivity index (χ2n) is 8.80. The molecule has 176 valence electrons. The van der Waals surface area contributed by atoms with Gasteiger partial charge in [-0.1, -0.05) is 6.07 Å². The molecular formula is C28H25N3O3S. The number of hydrogen-bond acceptors (Lipinski definition) is 6. The van der Waals surface area contributed by atoms with Crippen LogP contribution < -0.4 is 20.1 Å². The number of amides is 1. The lowest BCUT2D eigenvalue weighted by Gasteiger charge is -2.23. The van der Waals surface area contributed by atoms with E-state index in [1.807, 2.05) is 36.4 Å². The Morgan fingerprint density at radius 2 is 1.86 bits per heavy atom. The number of carbonyl (C=O) groups is 1. The lowest BCUT2D eigenvalue weighted by molar-refractivity contribution is -0.111. The van der Waals surface area contributed by atoms with E-state index in [1.165, 1.54) is 10.3 Å². The first-order chi connectivity index (χ1) is 17.1. The molecule has 6 nitrogen and oxygen atoms in total. The fourth-order valence-electron chi connectivity index (χ4n) is 4.43. The van der Waals surface area contributed by atoms with E-state index in [0.29, 0.717) is 13.2 Å². The number of benzene rings is 3. The number of aromatic nitrogens is 1. The van der Waals surface area contributed by atoms with E-state index in [4.69, 9.17) is 14.5 Å². The van der Waals surface area contributed by atoms with Crippen LogP contribution in [-0.4, -0.2) is 30.6 Å². The third-order valence-corrected chi connectivity index (χ3v) is 7.26. The van der Waals surface area contributed by atoms with Gasteiger partial charge in [-0.3, -0.25) is 4.79 Å².